The van der Waals surface area contributed by atoms with Gasteiger partial charge in [-0.3, -0.25) is 9.59 Å². The molecule has 7 heteroatoms. The van der Waals surface area contributed by atoms with Crippen molar-refractivity contribution < 1.29 is 14.3 Å². The monoisotopic (exact) mass is 423 g/mol. The molecule has 31 heavy (non-hydrogen) atoms. The van der Waals surface area contributed by atoms with Crippen LogP contribution in [0, 0.1) is 6.92 Å². The molecule has 0 saturated heterocycles. The molecule has 164 valence electrons. The number of hydrogen-bond donors (Lipinski definition) is 1. The molecule has 0 aliphatic rings. The molecule has 1 amide bonds. The number of pyridine rings is 2. The predicted octanol–water partition coefficient (Wildman–Crippen LogP) is 3.49. The summed E-state index contributed by atoms with van der Waals surface area (Å²) in [7, 11) is 0. The second kappa shape index (κ2) is 10.1. The molecule has 0 aliphatic carbocycles. The van der Waals surface area contributed by atoms with Gasteiger partial charge in [-0.25, -0.2) is 4.98 Å². The molecule has 3 aromatic rings. The van der Waals surface area contributed by atoms with Gasteiger partial charge in [-0.15, -0.1) is 0 Å². The van der Waals surface area contributed by atoms with Crippen LogP contribution in [-0.2, 0) is 13.0 Å². The Morgan fingerprint density at radius 1 is 1.06 bits per heavy atom. The van der Waals surface area contributed by atoms with Gasteiger partial charge in [0.1, 0.15) is 11.2 Å². The number of fused-ring (bicyclic) bond motifs is 1. The van der Waals surface area contributed by atoms with Crippen LogP contribution in [-0.4, -0.2) is 35.2 Å². The third-order valence-electron chi connectivity index (χ3n) is 4.95. The van der Waals surface area contributed by atoms with E-state index in [0.29, 0.717) is 55.3 Å². The highest BCUT2D eigenvalue weighted by molar-refractivity contribution is 5.96. The number of rotatable bonds is 9. The lowest BCUT2D eigenvalue weighted by atomic mass is 10.1. The zero-order valence-corrected chi connectivity index (χ0v) is 18.5. The second-order valence-corrected chi connectivity index (χ2v) is 7.13. The maximum absolute atomic E-state index is 12.9. The first-order valence-electron chi connectivity index (χ1n) is 10.7. The van der Waals surface area contributed by atoms with Crippen LogP contribution in [0.25, 0.3) is 11.0 Å². The van der Waals surface area contributed by atoms with Gasteiger partial charge in [0.05, 0.1) is 18.6 Å². The zero-order chi connectivity index (χ0) is 22.4. The van der Waals surface area contributed by atoms with Crippen molar-refractivity contribution in [2.75, 3.05) is 19.8 Å². The molecular weight excluding hydrogens is 394 g/mol. The van der Waals surface area contributed by atoms with Crippen LogP contribution >= 0.6 is 0 Å². The first kappa shape index (κ1) is 22.3. The highest BCUT2D eigenvalue weighted by atomic mass is 16.5. The molecule has 1 N–H and O–H groups in total. The maximum Gasteiger partial charge on any atom is 0.256 e. The normalized spacial score (nSPS) is 10.8. The van der Waals surface area contributed by atoms with Crippen LogP contribution in [0.5, 0.6) is 11.5 Å². The molecule has 0 fully saturated rings. The maximum atomic E-state index is 12.9. The molecular formula is C24H29N3O4. The van der Waals surface area contributed by atoms with Crippen LogP contribution in [0.2, 0.25) is 0 Å². The summed E-state index contributed by atoms with van der Waals surface area (Å²) < 4.78 is 13.1. The van der Waals surface area contributed by atoms with Gasteiger partial charge in [0.25, 0.3) is 5.91 Å². The minimum atomic E-state index is -0.384. The first-order chi connectivity index (χ1) is 15.0. The molecule has 0 radical (unpaired) electrons. The summed E-state index contributed by atoms with van der Waals surface area (Å²) >= 11 is 0. The topological polar surface area (TPSA) is 82.5 Å². The average Bonchev–Trinajstić information content (AvgIpc) is 2.76. The summed E-state index contributed by atoms with van der Waals surface area (Å²) in [4.78, 5) is 30.1. The van der Waals surface area contributed by atoms with Crippen molar-refractivity contribution in [1.29, 1.82) is 0 Å². The highest BCUT2D eigenvalue weighted by Crippen LogP contribution is 2.28. The Bertz CT molecular complexity index is 1140. The van der Waals surface area contributed by atoms with Gasteiger partial charge >= 0.3 is 0 Å². The summed E-state index contributed by atoms with van der Waals surface area (Å²) in [5.41, 5.74) is 2.26. The van der Waals surface area contributed by atoms with Crippen molar-refractivity contribution in [3.8, 4) is 11.5 Å². The fourth-order valence-corrected chi connectivity index (χ4v) is 3.43. The van der Waals surface area contributed by atoms with Crippen LogP contribution in [0.1, 0.15) is 42.4 Å². The number of ether oxygens (including phenoxy) is 2. The molecule has 0 spiro atoms. The number of nitrogens with one attached hydrogen (secondary N) is 1. The molecule has 0 atom stereocenters. The van der Waals surface area contributed by atoms with E-state index in [9.17, 15) is 9.59 Å². The number of carbonyl (C=O) groups excluding carboxylic acids is 1. The average molecular weight is 424 g/mol. The van der Waals surface area contributed by atoms with Crippen molar-refractivity contribution in [2.45, 2.75) is 40.7 Å². The predicted molar refractivity (Wildman–Crippen MR) is 121 cm³/mol. The van der Waals surface area contributed by atoms with E-state index in [2.05, 4.69) is 10.3 Å². The SMILES string of the molecule is CCOc1ccc(CCNC(=O)c2cn(CC)c3nc(C)ccc3c2=O)cc1OCC. The third-order valence-corrected chi connectivity index (χ3v) is 4.95. The van der Waals surface area contributed by atoms with E-state index < -0.39 is 0 Å². The Morgan fingerprint density at radius 2 is 1.81 bits per heavy atom. The van der Waals surface area contributed by atoms with Gasteiger partial charge < -0.3 is 19.4 Å². The zero-order valence-electron chi connectivity index (χ0n) is 18.5. The second-order valence-electron chi connectivity index (χ2n) is 7.13. The molecule has 0 aliphatic heterocycles. The quantitative estimate of drug-likeness (QED) is 0.570. The lowest BCUT2D eigenvalue weighted by Gasteiger charge is -2.13. The molecule has 3 rings (SSSR count). The minimum Gasteiger partial charge on any atom is -0.490 e. The lowest BCUT2D eigenvalue weighted by molar-refractivity contribution is 0.0952. The van der Waals surface area contributed by atoms with Crippen molar-refractivity contribution in [3.05, 3.63) is 63.6 Å². The summed E-state index contributed by atoms with van der Waals surface area (Å²) in [6.07, 6.45) is 2.20. The molecule has 2 heterocycles. The van der Waals surface area contributed by atoms with Crippen molar-refractivity contribution >= 4 is 16.9 Å². The smallest absolute Gasteiger partial charge is 0.256 e. The van der Waals surface area contributed by atoms with E-state index >= 15 is 0 Å². The van der Waals surface area contributed by atoms with Crippen molar-refractivity contribution in [1.82, 2.24) is 14.9 Å². The summed E-state index contributed by atoms with van der Waals surface area (Å²) in [5, 5.41) is 3.31. The van der Waals surface area contributed by atoms with E-state index in [0.717, 1.165) is 11.3 Å². The van der Waals surface area contributed by atoms with Gasteiger partial charge in [0, 0.05) is 25.0 Å². The molecule has 1 aromatic carbocycles. The van der Waals surface area contributed by atoms with Crippen LogP contribution in [0.15, 0.2) is 41.3 Å². The highest BCUT2D eigenvalue weighted by Gasteiger charge is 2.16. The fourth-order valence-electron chi connectivity index (χ4n) is 3.43. The fraction of sp³-hybridized carbons (Fsp3) is 0.375. The van der Waals surface area contributed by atoms with E-state index in [1.54, 1.807) is 18.3 Å². The van der Waals surface area contributed by atoms with Gasteiger partial charge in [-0.05, 0) is 63.9 Å². The summed E-state index contributed by atoms with van der Waals surface area (Å²) in [6, 6.07) is 9.28. The molecule has 0 saturated carbocycles. The standard InChI is InChI=1S/C24H29N3O4/c1-5-27-15-19(22(28)18-10-8-16(4)26-23(18)27)24(29)25-13-12-17-9-11-20(30-6-2)21(14-17)31-7-3/h8-11,14-15H,5-7,12-13H2,1-4H3,(H,25,29). The third kappa shape index (κ3) is 5.05. The summed E-state index contributed by atoms with van der Waals surface area (Å²) in [5.74, 6) is 1.01. The van der Waals surface area contributed by atoms with E-state index in [1.165, 1.54) is 0 Å². The van der Waals surface area contributed by atoms with E-state index in [4.69, 9.17) is 9.47 Å². The number of hydrogen-bond acceptors (Lipinski definition) is 5. The number of amides is 1. The van der Waals surface area contributed by atoms with E-state index in [1.807, 2.05) is 50.5 Å². The number of nitrogens with zero attached hydrogens (tertiary/aromatic N) is 2. The van der Waals surface area contributed by atoms with Crippen LogP contribution in [0.4, 0.5) is 0 Å². The van der Waals surface area contributed by atoms with Gasteiger partial charge in [-0.1, -0.05) is 6.07 Å². The molecule has 0 unspecified atom stereocenters. The summed E-state index contributed by atoms with van der Waals surface area (Å²) in [6.45, 7) is 9.79. The lowest BCUT2D eigenvalue weighted by Crippen LogP contribution is -2.31. The van der Waals surface area contributed by atoms with Crippen molar-refractivity contribution in [3.63, 3.8) is 0 Å². The Kier molecular flexibility index (Phi) is 7.28. The van der Waals surface area contributed by atoms with Gasteiger partial charge in [-0.2, -0.15) is 0 Å². The Hall–Kier alpha value is -3.35. The Balaban J connectivity index is 1.75. The minimum absolute atomic E-state index is 0.127. The number of carbonyl (C=O) groups is 1. The van der Waals surface area contributed by atoms with Gasteiger partial charge in [0.15, 0.2) is 11.5 Å². The first-order valence-corrected chi connectivity index (χ1v) is 10.7. The molecule has 0 bridgehead atoms. The van der Waals surface area contributed by atoms with Crippen LogP contribution in [0.3, 0.4) is 0 Å². The number of aromatic nitrogens is 2. The van der Waals surface area contributed by atoms with Crippen molar-refractivity contribution in [2.24, 2.45) is 0 Å². The Morgan fingerprint density at radius 3 is 2.52 bits per heavy atom. The van der Waals surface area contributed by atoms with E-state index in [-0.39, 0.29) is 16.9 Å². The Labute approximate surface area is 182 Å². The largest absolute Gasteiger partial charge is 0.490 e. The molecule has 7 nitrogen and oxygen atoms in total. The number of benzene rings is 1. The van der Waals surface area contributed by atoms with Gasteiger partial charge in [0.2, 0.25) is 5.43 Å². The molecule has 2 aromatic heterocycles. The van der Waals surface area contributed by atoms with Crippen LogP contribution < -0.4 is 20.2 Å². The number of aryl methyl sites for hydroxylation is 2.